The van der Waals surface area contributed by atoms with Gasteiger partial charge in [0, 0.05) is 23.4 Å². The van der Waals surface area contributed by atoms with Gasteiger partial charge < -0.3 is 14.4 Å². The number of carbonyl (C=O) groups excluding carboxylic acids is 3. The Balaban J connectivity index is 1.91. The second-order valence-electron chi connectivity index (χ2n) is 7.15. The van der Waals surface area contributed by atoms with Gasteiger partial charge in [-0.2, -0.15) is 0 Å². The molecule has 2 aromatic rings. The standard InChI is InChI=1S/C23H18N2O7/c1-31-22(27)18-17-12-9-13-5-3-4-6-16(13)24(17)20(19(18)23(28)32-2)21(26)14-7-10-15(11-8-14)25(29)30/h3-12,17,20H,1-2H3. The zero-order valence-electron chi connectivity index (χ0n) is 17.2. The van der Waals surface area contributed by atoms with Gasteiger partial charge >= 0.3 is 11.9 Å². The molecule has 2 aliphatic heterocycles. The summed E-state index contributed by atoms with van der Waals surface area (Å²) in [5.74, 6) is -2.08. The number of nitro groups is 1. The van der Waals surface area contributed by atoms with Crippen molar-refractivity contribution in [1.82, 2.24) is 0 Å². The number of ether oxygens (including phenoxy) is 2. The third kappa shape index (κ3) is 3.24. The summed E-state index contributed by atoms with van der Waals surface area (Å²) in [6.07, 6.45) is 3.54. The van der Waals surface area contributed by atoms with E-state index in [-0.39, 0.29) is 22.4 Å². The summed E-state index contributed by atoms with van der Waals surface area (Å²) in [5.41, 5.74) is 1.34. The molecule has 0 amide bonds. The number of hydrogen-bond donors (Lipinski definition) is 0. The monoisotopic (exact) mass is 434 g/mol. The van der Waals surface area contributed by atoms with E-state index in [9.17, 15) is 24.5 Å². The van der Waals surface area contributed by atoms with Crippen LogP contribution in [0.25, 0.3) is 6.08 Å². The average Bonchev–Trinajstić information content (AvgIpc) is 3.18. The molecule has 0 bridgehead atoms. The number of fused-ring (bicyclic) bond motifs is 3. The molecule has 2 aromatic carbocycles. The van der Waals surface area contributed by atoms with E-state index in [4.69, 9.17) is 9.47 Å². The van der Waals surface area contributed by atoms with Crippen LogP contribution >= 0.6 is 0 Å². The highest BCUT2D eigenvalue weighted by molar-refractivity contribution is 6.16. The van der Waals surface area contributed by atoms with Gasteiger partial charge in [-0.15, -0.1) is 0 Å². The fourth-order valence-electron chi connectivity index (χ4n) is 4.12. The first kappa shape index (κ1) is 21.0. The molecular formula is C23H18N2O7. The summed E-state index contributed by atoms with van der Waals surface area (Å²) in [6, 6.07) is 10.4. The van der Waals surface area contributed by atoms with Gasteiger partial charge in [-0.1, -0.05) is 30.4 Å². The van der Waals surface area contributed by atoms with Crippen molar-refractivity contribution < 1.29 is 28.8 Å². The molecule has 0 spiro atoms. The van der Waals surface area contributed by atoms with E-state index in [1.807, 2.05) is 18.2 Å². The third-order valence-electron chi connectivity index (χ3n) is 5.53. The average molecular weight is 434 g/mol. The molecule has 9 nitrogen and oxygen atoms in total. The number of Topliss-reactive ketones (excluding diaryl/α,β-unsaturated/α-hetero) is 1. The Hall–Kier alpha value is -4.27. The SMILES string of the molecule is COC(=O)C1=C(C(=O)OC)C(C(=O)c2ccc([N+](=O)[O-])cc2)N2c3ccccc3C=CC12. The van der Waals surface area contributed by atoms with Gasteiger partial charge in [0.25, 0.3) is 5.69 Å². The molecule has 0 radical (unpaired) electrons. The molecule has 2 aliphatic rings. The lowest BCUT2D eigenvalue weighted by molar-refractivity contribution is -0.384. The minimum atomic E-state index is -1.19. The number of esters is 2. The van der Waals surface area contributed by atoms with Crippen LogP contribution in [0.5, 0.6) is 0 Å². The van der Waals surface area contributed by atoms with Gasteiger partial charge in [0.05, 0.1) is 36.3 Å². The lowest BCUT2D eigenvalue weighted by atomic mass is 9.95. The maximum Gasteiger partial charge on any atom is 0.336 e. The number of rotatable bonds is 5. The lowest BCUT2D eigenvalue weighted by Gasteiger charge is -2.35. The van der Waals surface area contributed by atoms with Gasteiger partial charge in [-0.25, -0.2) is 9.59 Å². The zero-order valence-corrected chi connectivity index (χ0v) is 17.2. The Morgan fingerprint density at radius 3 is 2.19 bits per heavy atom. The summed E-state index contributed by atoms with van der Waals surface area (Å²) in [6.45, 7) is 0. The molecule has 2 atom stereocenters. The van der Waals surface area contributed by atoms with Crippen LogP contribution in [0.15, 0.2) is 65.8 Å². The van der Waals surface area contributed by atoms with E-state index in [0.717, 1.165) is 5.56 Å². The summed E-state index contributed by atoms with van der Waals surface area (Å²) in [7, 11) is 2.36. The van der Waals surface area contributed by atoms with Crippen molar-refractivity contribution in [1.29, 1.82) is 0 Å². The van der Waals surface area contributed by atoms with Crippen LogP contribution < -0.4 is 4.90 Å². The van der Waals surface area contributed by atoms with Gasteiger partial charge in [-0.05, 0) is 23.8 Å². The highest BCUT2D eigenvalue weighted by atomic mass is 16.6. The minimum Gasteiger partial charge on any atom is -0.466 e. The number of benzene rings is 2. The van der Waals surface area contributed by atoms with Gasteiger partial charge in [0.2, 0.25) is 0 Å². The number of anilines is 1. The topological polar surface area (TPSA) is 116 Å². The second kappa shape index (κ2) is 8.10. The van der Waals surface area contributed by atoms with Crippen molar-refractivity contribution in [3.05, 3.63) is 87.0 Å². The van der Waals surface area contributed by atoms with Crippen LogP contribution in [-0.2, 0) is 19.1 Å². The maximum absolute atomic E-state index is 13.7. The molecule has 2 unspecified atom stereocenters. The molecule has 0 saturated heterocycles. The van der Waals surface area contributed by atoms with Crippen LogP contribution in [-0.4, -0.2) is 48.9 Å². The Bertz CT molecular complexity index is 1200. The molecular weight excluding hydrogens is 416 g/mol. The van der Waals surface area contributed by atoms with Crippen molar-refractivity contribution >= 4 is 35.2 Å². The van der Waals surface area contributed by atoms with Crippen molar-refractivity contribution in [3.63, 3.8) is 0 Å². The van der Waals surface area contributed by atoms with E-state index in [0.29, 0.717) is 5.69 Å². The molecule has 162 valence electrons. The summed E-state index contributed by atoms with van der Waals surface area (Å²) in [5, 5.41) is 11.0. The number of para-hydroxylation sites is 1. The summed E-state index contributed by atoms with van der Waals surface area (Å²) >= 11 is 0. The first-order valence-electron chi connectivity index (χ1n) is 9.64. The molecule has 0 fully saturated rings. The number of nitrogens with zero attached hydrogens (tertiary/aromatic N) is 2. The fraction of sp³-hybridized carbons (Fsp3) is 0.174. The first-order chi connectivity index (χ1) is 15.4. The molecule has 2 heterocycles. The van der Waals surface area contributed by atoms with Crippen molar-refractivity contribution in [2.75, 3.05) is 19.1 Å². The largest absolute Gasteiger partial charge is 0.466 e. The number of hydrogen-bond acceptors (Lipinski definition) is 8. The summed E-state index contributed by atoms with van der Waals surface area (Å²) < 4.78 is 9.84. The molecule has 0 N–H and O–H groups in total. The molecule has 9 heteroatoms. The minimum absolute atomic E-state index is 0.0189. The van der Waals surface area contributed by atoms with Crippen molar-refractivity contribution in [2.45, 2.75) is 12.1 Å². The van der Waals surface area contributed by atoms with E-state index < -0.39 is 34.7 Å². The van der Waals surface area contributed by atoms with Gasteiger partial charge in [-0.3, -0.25) is 14.9 Å². The predicted molar refractivity (Wildman–Crippen MR) is 114 cm³/mol. The third-order valence-corrected chi connectivity index (χ3v) is 5.53. The fourth-order valence-corrected chi connectivity index (χ4v) is 4.12. The molecule has 0 aromatic heterocycles. The summed E-state index contributed by atoms with van der Waals surface area (Å²) in [4.78, 5) is 51.3. The van der Waals surface area contributed by atoms with E-state index in [1.165, 1.54) is 38.5 Å². The highest BCUT2D eigenvalue weighted by Crippen LogP contribution is 2.42. The first-order valence-corrected chi connectivity index (χ1v) is 9.64. The molecule has 32 heavy (non-hydrogen) atoms. The van der Waals surface area contributed by atoms with Crippen LogP contribution in [0.1, 0.15) is 15.9 Å². The van der Waals surface area contributed by atoms with Gasteiger partial charge in [0.15, 0.2) is 5.78 Å². The van der Waals surface area contributed by atoms with Crippen LogP contribution in [0.4, 0.5) is 11.4 Å². The van der Waals surface area contributed by atoms with E-state index in [2.05, 4.69) is 0 Å². The van der Waals surface area contributed by atoms with Crippen molar-refractivity contribution in [2.24, 2.45) is 0 Å². The van der Waals surface area contributed by atoms with Crippen LogP contribution in [0, 0.1) is 10.1 Å². The van der Waals surface area contributed by atoms with Crippen LogP contribution in [0.3, 0.4) is 0 Å². The predicted octanol–water partition coefficient (Wildman–Crippen LogP) is 2.70. The Morgan fingerprint density at radius 2 is 1.56 bits per heavy atom. The number of nitro benzene ring substituents is 1. The highest BCUT2D eigenvalue weighted by Gasteiger charge is 2.50. The second-order valence-corrected chi connectivity index (χ2v) is 7.15. The van der Waals surface area contributed by atoms with Crippen LogP contribution in [0.2, 0.25) is 0 Å². The van der Waals surface area contributed by atoms with E-state index in [1.54, 1.807) is 23.1 Å². The quantitative estimate of drug-likeness (QED) is 0.305. The van der Waals surface area contributed by atoms with Crippen molar-refractivity contribution in [3.8, 4) is 0 Å². The number of carbonyl (C=O) groups is 3. The Kier molecular flexibility index (Phi) is 5.31. The number of methoxy groups -OCH3 is 2. The molecule has 4 rings (SSSR count). The lowest BCUT2D eigenvalue weighted by Crippen LogP contribution is -2.45. The molecule has 0 saturated carbocycles. The normalized spacial score (nSPS) is 18.6. The smallest absolute Gasteiger partial charge is 0.336 e. The Morgan fingerprint density at radius 1 is 0.938 bits per heavy atom. The number of non-ortho nitro benzene ring substituents is 1. The molecule has 0 aliphatic carbocycles. The van der Waals surface area contributed by atoms with E-state index >= 15 is 0 Å². The zero-order chi connectivity index (χ0) is 23.0. The Labute approximate surface area is 182 Å². The van der Waals surface area contributed by atoms with Gasteiger partial charge in [0.1, 0.15) is 6.04 Å². The maximum atomic E-state index is 13.7. The number of ketones is 1.